The summed E-state index contributed by atoms with van der Waals surface area (Å²) in [5.74, 6) is 0.786. The lowest BCUT2D eigenvalue weighted by Gasteiger charge is -2.29. The highest BCUT2D eigenvalue weighted by atomic mass is 32.2. The second-order valence-electron chi connectivity index (χ2n) is 7.46. The molecule has 1 aliphatic heterocycles. The molecule has 0 spiro atoms. The number of rotatable bonds is 5. The van der Waals surface area contributed by atoms with E-state index in [0.717, 1.165) is 59.8 Å². The molecule has 0 saturated carbocycles. The minimum Gasteiger partial charge on any atom is -0.369 e. The Balaban J connectivity index is 1.43. The molecule has 1 aliphatic rings. The Hall–Kier alpha value is -2.87. The zero-order chi connectivity index (χ0) is 20.3. The van der Waals surface area contributed by atoms with E-state index in [2.05, 4.69) is 63.8 Å². The molecule has 4 aromatic rings. The van der Waals surface area contributed by atoms with Gasteiger partial charge in [-0.05, 0) is 28.8 Å². The predicted octanol–water partition coefficient (Wildman–Crippen LogP) is 3.58. The van der Waals surface area contributed by atoms with Crippen LogP contribution in [0.4, 0.5) is 5.69 Å². The molecule has 7 heteroatoms. The van der Waals surface area contributed by atoms with E-state index in [1.807, 2.05) is 23.1 Å². The van der Waals surface area contributed by atoms with Crippen molar-refractivity contribution >= 4 is 23.3 Å². The van der Waals surface area contributed by atoms with Crippen LogP contribution in [0, 0.1) is 0 Å². The Morgan fingerprint density at radius 2 is 1.80 bits per heavy atom. The average Bonchev–Trinajstić information content (AvgIpc) is 3.24. The maximum atomic E-state index is 5.63. The van der Waals surface area contributed by atoms with Crippen molar-refractivity contribution in [2.45, 2.75) is 5.75 Å². The quantitative estimate of drug-likeness (QED) is 0.485. The average molecular weight is 417 g/mol. The summed E-state index contributed by atoms with van der Waals surface area (Å²) in [5.41, 5.74) is 7.65. The molecule has 2 aromatic carbocycles. The van der Waals surface area contributed by atoms with Gasteiger partial charge in [-0.2, -0.15) is 5.10 Å². The molecule has 2 aromatic heterocycles. The minimum atomic E-state index is 0.786. The lowest BCUT2D eigenvalue weighted by atomic mass is 10.1. The fraction of sp³-hybridized carbons (Fsp3) is 0.217. The number of aromatic nitrogens is 3. The van der Waals surface area contributed by atoms with Crippen LogP contribution in [0.15, 0.2) is 67.1 Å². The van der Waals surface area contributed by atoms with Crippen LogP contribution in [-0.4, -0.2) is 40.8 Å². The van der Waals surface area contributed by atoms with E-state index in [9.17, 15) is 0 Å². The summed E-state index contributed by atoms with van der Waals surface area (Å²) in [6.45, 7) is 4.18. The summed E-state index contributed by atoms with van der Waals surface area (Å²) in [6.07, 6.45) is 5.86. The van der Waals surface area contributed by atoms with Crippen molar-refractivity contribution in [3.8, 4) is 22.3 Å². The highest BCUT2D eigenvalue weighted by Gasteiger charge is 2.12. The van der Waals surface area contributed by atoms with Gasteiger partial charge in [-0.15, -0.1) is 0 Å². The molecule has 0 amide bonds. The molecule has 30 heavy (non-hydrogen) atoms. The maximum Gasteiger partial charge on any atom is 0.162 e. The van der Waals surface area contributed by atoms with Gasteiger partial charge < -0.3 is 10.2 Å². The lowest BCUT2D eigenvalue weighted by Crippen LogP contribution is -2.43. The van der Waals surface area contributed by atoms with Crippen molar-refractivity contribution in [3.05, 3.63) is 72.7 Å². The van der Waals surface area contributed by atoms with Crippen LogP contribution in [0.2, 0.25) is 0 Å². The van der Waals surface area contributed by atoms with Gasteiger partial charge in [0.05, 0.1) is 6.20 Å². The maximum absolute atomic E-state index is 5.63. The third kappa shape index (κ3) is 3.79. The van der Waals surface area contributed by atoms with Crippen LogP contribution in [-0.2, 0) is 5.75 Å². The molecule has 152 valence electrons. The van der Waals surface area contributed by atoms with Gasteiger partial charge >= 0.3 is 0 Å². The molecule has 0 aliphatic carbocycles. The van der Waals surface area contributed by atoms with Gasteiger partial charge in [0.15, 0.2) is 5.65 Å². The summed E-state index contributed by atoms with van der Waals surface area (Å²) in [4.78, 5) is 7.15. The molecular formula is C23H24N6S. The highest BCUT2D eigenvalue weighted by molar-refractivity contribution is 7.96. The van der Waals surface area contributed by atoms with E-state index < -0.39 is 0 Å². The normalized spacial score (nSPS) is 14.4. The minimum absolute atomic E-state index is 0.786. The van der Waals surface area contributed by atoms with Crippen molar-refractivity contribution in [1.29, 1.82) is 0 Å². The van der Waals surface area contributed by atoms with E-state index in [1.165, 1.54) is 23.2 Å². The topological polar surface area (TPSA) is 71.5 Å². The first-order valence-corrected chi connectivity index (χ1v) is 11.2. The van der Waals surface area contributed by atoms with Crippen LogP contribution in [0.1, 0.15) is 5.56 Å². The van der Waals surface area contributed by atoms with Crippen molar-refractivity contribution in [2.24, 2.45) is 5.14 Å². The summed E-state index contributed by atoms with van der Waals surface area (Å²) >= 11 is 1.33. The summed E-state index contributed by atoms with van der Waals surface area (Å²) in [6, 6.07) is 17.1. The number of nitrogens with one attached hydrogen (secondary N) is 1. The Kier molecular flexibility index (Phi) is 5.40. The Bertz CT molecular complexity index is 1150. The van der Waals surface area contributed by atoms with E-state index >= 15 is 0 Å². The van der Waals surface area contributed by atoms with E-state index in [0.29, 0.717) is 0 Å². The van der Waals surface area contributed by atoms with Gasteiger partial charge in [0.2, 0.25) is 0 Å². The molecule has 3 N–H and O–H groups in total. The second-order valence-corrected chi connectivity index (χ2v) is 8.09. The van der Waals surface area contributed by atoms with Crippen molar-refractivity contribution in [3.63, 3.8) is 0 Å². The molecule has 3 heterocycles. The first-order chi connectivity index (χ1) is 14.8. The van der Waals surface area contributed by atoms with Crippen molar-refractivity contribution in [1.82, 2.24) is 19.9 Å². The molecule has 5 rings (SSSR count). The molecule has 0 unspecified atom stereocenters. The Morgan fingerprint density at radius 3 is 2.60 bits per heavy atom. The number of piperazine rings is 1. The monoisotopic (exact) mass is 416 g/mol. The number of fused-ring (bicyclic) bond motifs is 1. The van der Waals surface area contributed by atoms with Crippen LogP contribution in [0.5, 0.6) is 0 Å². The summed E-state index contributed by atoms with van der Waals surface area (Å²) in [5, 5.41) is 13.6. The number of nitrogens with two attached hydrogens (primary N) is 1. The number of hydrogen-bond acceptors (Lipinski definition) is 6. The lowest BCUT2D eigenvalue weighted by molar-refractivity contribution is 0.589. The van der Waals surface area contributed by atoms with Crippen LogP contribution in [0.3, 0.4) is 0 Å². The summed E-state index contributed by atoms with van der Waals surface area (Å²) in [7, 11) is 0. The summed E-state index contributed by atoms with van der Waals surface area (Å²) < 4.78 is 1.86. The van der Waals surface area contributed by atoms with Gasteiger partial charge in [0.25, 0.3) is 0 Å². The molecule has 0 atom stereocenters. The van der Waals surface area contributed by atoms with Gasteiger partial charge in [0.1, 0.15) is 0 Å². The van der Waals surface area contributed by atoms with E-state index in [-0.39, 0.29) is 0 Å². The molecule has 1 saturated heterocycles. The smallest absolute Gasteiger partial charge is 0.162 e. The highest BCUT2D eigenvalue weighted by Crippen LogP contribution is 2.28. The molecular weight excluding hydrogens is 392 g/mol. The largest absolute Gasteiger partial charge is 0.369 e. The van der Waals surface area contributed by atoms with Crippen molar-refractivity contribution < 1.29 is 0 Å². The predicted molar refractivity (Wildman–Crippen MR) is 124 cm³/mol. The standard InChI is InChI=1S/C23H24N6S/c24-30-16-17-2-1-3-19(12-17)22-14-27-29-15-20(13-26-23(22)29)18-4-6-21(7-5-18)28-10-8-25-9-11-28/h1-7,12-15,25H,8-11,16,24H2. The number of nitrogens with zero attached hydrogens (tertiary/aromatic N) is 4. The number of hydrogen-bond donors (Lipinski definition) is 2. The van der Waals surface area contributed by atoms with Gasteiger partial charge in [-0.1, -0.05) is 48.3 Å². The first kappa shape index (κ1) is 19.1. The number of anilines is 1. The third-order valence-corrected chi connectivity index (χ3v) is 6.03. The fourth-order valence-electron chi connectivity index (χ4n) is 3.94. The first-order valence-electron chi connectivity index (χ1n) is 10.1. The zero-order valence-corrected chi connectivity index (χ0v) is 17.5. The molecule has 0 bridgehead atoms. The van der Waals surface area contributed by atoms with Gasteiger partial charge in [0, 0.05) is 61.1 Å². The van der Waals surface area contributed by atoms with Crippen LogP contribution in [0.25, 0.3) is 27.9 Å². The Morgan fingerprint density at radius 1 is 0.967 bits per heavy atom. The van der Waals surface area contributed by atoms with Crippen LogP contribution < -0.4 is 15.4 Å². The van der Waals surface area contributed by atoms with Gasteiger partial charge in [-0.25, -0.2) is 9.50 Å². The Labute approximate surface area is 180 Å². The second kappa shape index (κ2) is 8.47. The van der Waals surface area contributed by atoms with Crippen LogP contribution >= 0.6 is 11.9 Å². The fourth-order valence-corrected chi connectivity index (χ4v) is 4.31. The molecule has 0 radical (unpaired) electrons. The molecule has 6 nitrogen and oxygen atoms in total. The number of benzene rings is 2. The zero-order valence-electron chi connectivity index (χ0n) is 16.7. The SMILES string of the molecule is NSCc1cccc(-c2cnn3cc(-c4ccc(N5CCNCC5)cc4)cnc23)c1. The van der Waals surface area contributed by atoms with E-state index in [1.54, 1.807) is 0 Å². The third-order valence-electron chi connectivity index (χ3n) is 5.53. The van der Waals surface area contributed by atoms with Crippen molar-refractivity contribution in [2.75, 3.05) is 31.1 Å². The van der Waals surface area contributed by atoms with Gasteiger partial charge in [-0.3, -0.25) is 5.14 Å². The molecule has 1 fully saturated rings. The van der Waals surface area contributed by atoms with E-state index in [4.69, 9.17) is 10.1 Å².